The summed E-state index contributed by atoms with van der Waals surface area (Å²) in [7, 11) is 0. The molecular weight excluding hydrogens is 257 g/mol. The number of hydrogen-bond donors (Lipinski definition) is 2. The van der Waals surface area contributed by atoms with Crippen molar-refractivity contribution < 1.29 is 19.1 Å². The van der Waals surface area contributed by atoms with Gasteiger partial charge in [0.15, 0.2) is 0 Å². The van der Waals surface area contributed by atoms with Crippen LogP contribution in [0.3, 0.4) is 0 Å². The van der Waals surface area contributed by atoms with Crippen LogP contribution in [0.2, 0.25) is 0 Å². The molecule has 0 aliphatic heterocycles. The molecule has 1 aromatic carbocycles. The van der Waals surface area contributed by atoms with Gasteiger partial charge in [0.05, 0.1) is 5.69 Å². The van der Waals surface area contributed by atoms with Gasteiger partial charge in [0.1, 0.15) is 5.82 Å². The molecule has 0 saturated heterocycles. The first-order valence-electron chi connectivity index (χ1n) is 3.50. The molecule has 1 aromatic rings. The van der Waals surface area contributed by atoms with Crippen LogP contribution in [-0.4, -0.2) is 17.0 Å². The summed E-state index contributed by atoms with van der Waals surface area (Å²) >= 11 is 3.06. The highest BCUT2D eigenvalue weighted by Crippen LogP contribution is 2.19. The van der Waals surface area contributed by atoms with Crippen molar-refractivity contribution in [3.05, 3.63) is 28.5 Å². The predicted octanol–water partition coefficient (Wildman–Crippen LogP) is 1.61. The number of carboxylic acid groups (broad SMARTS) is 1. The lowest BCUT2D eigenvalue weighted by Gasteiger charge is -2.03. The van der Waals surface area contributed by atoms with Gasteiger partial charge in [0.25, 0.3) is 0 Å². The van der Waals surface area contributed by atoms with Crippen molar-refractivity contribution >= 4 is 33.5 Å². The number of hydrogen-bond acceptors (Lipinski definition) is 2. The number of halogens is 2. The molecular formula is C8H5BrFNO3. The molecule has 0 spiro atoms. The number of rotatable bonds is 1. The second-order valence-electron chi connectivity index (χ2n) is 2.38. The zero-order valence-corrected chi connectivity index (χ0v) is 8.34. The van der Waals surface area contributed by atoms with Crippen molar-refractivity contribution in [3.63, 3.8) is 0 Å². The number of anilines is 1. The van der Waals surface area contributed by atoms with Gasteiger partial charge in [-0.1, -0.05) is 15.9 Å². The first-order chi connectivity index (χ1) is 6.50. The Bertz CT molecular complexity index is 394. The molecule has 0 aliphatic carbocycles. The highest BCUT2D eigenvalue weighted by Gasteiger charge is 2.13. The Balaban J connectivity index is 2.91. The Labute approximate surface area is 86.9 Å². The number of carboxylic acids is 1. The Morgan fingerprint density at radius 2 is 2.07 bits per heavy atom. The minimum absolute atomic E-state index is 0.174. The van der Waals surface area contributed by atoms with E-state index >= 15 is 0 Å². The van der Waals surface area contributed by atoms with Gasteiger partial charge in [-0.25, -0.2) is 9.18 Å². The van der Waals surface area contributed by atoms with E-state index in [0.29, 0.717) is 4.47 Å². The van der Waals surface area contributed by atoms with Gasteiger partial charge >= 0.3 is 11.9 Å². The van der Waals surface area contributed by atoms with Crippen molar-refractivity contribution in [2.75, 3.05) is 5.32 Å². The Morgan fingerprint density at radius 1 is 1.43 bits per heavy atom. The van der Waals surface area contributed by atoms with Crippen LogP contribution in [0.15, 0.2) is 22.7 Å². The minimum atomic E-state index is -1.66. The van der Waals surface area contributed by atoms with Gasteiger partial charge < -0.3 is 10.4 Å². The van der Waals surface area contributed by atoms with E-state index in [1.54, 1.807) is 0 Å². The van der Waals surface area contributed by atoms with Crippen LogP contribution < -0.4 is 5.32 Å². The summed E-state index contributed by atoms with van der Waals surface area (Å²) in [5, 5.41) is 10.2. The summed E-state index contributed by atoms with van der Waals surface area (Å²) in [4.78, 5) is 20.8. The van der Waals surface area contributed by atoms with E-state index in [9.17, 15) is 14.0 Å². The van der Waals surface area contributed by atoms with Crippen LogP contribution >= 0.6 is 15.9 Å². The standard InChI is InChI=1S/C8H5BrFNO3/c9-4-1-2-5(10)6(3-4)11-7(12)8(13)14/h1-3H,(H,11,12)(H,13,14). The number of benzene rings is 1. The van der Waals surface area contributed by atoms with E-state index in [1.165, 1.54) is 12.1 Å². The average molecular weight is 262 g/mol. The zero-order valence-electron chi connectivity index (χ0n) is 6.75. The maximum absolute atomic E-state index is 13.0. The predicted molar refractivity (Wildman–Crippen MR) is 50.4 cm³/mol. The lowest BCUT2D eigenvalue weighted by molar-refractivity contribution is -0.147. The third-order valence-corrected chi connectivity index (χ3v) is 1.86. The summed E-state index contributed by atoms with van der Waals surface area (Å²) in [5.41, 5.74) is -0.174. The maximum Gasteiger partial charge on any atom is 0.394 e. The first-order valence-corrected chi connectivity index (χ1v) is 4.29. The topological polar surface area (TPSA) is 66.4 Å². The normalized spacial score (nSPS) is 9.57. The second kappa shape index (κ2) is 4.19. The quantitative estimate of drug-likeness (QED) is 0.755. The molecule has 6 heteroatoms. The molecule has 0 heterocycles. The fourth-order valence-corrected chi connectivity index (χ4v) is 1.13. The molecule has 1 rings (SSSR count). The van der Waals surface area contributed by atoms with E-state index in [2.05, 4.69) is 15.9 Å². The molecule has 0 radical (unpaired) electrons. The van der Waals surface area contributed by atoms with Gasteiger partial charge in [-0.15, -0.1) is 0 Å². The van der Waals surface area contributed by atoms with Crippen molar-refractivity contribution in [2.45, 2.75) is 0 Å². The summed E-state index contributed by atoms with van der Waals surface area (Å²) in [6.07, 6.45) is 0. The van der Waals surface area contributed by atoms with E-state index in [1.807, 2.05) is 5.32 Å². The fourth-order valence-electron chi connectivity index (χ4n) is 0.769. The molecule has 0 bridgehead atoms. The molecule has 74 valence electrons. The monoisotopic (exact) mass is 261 g/mol. The van der Waals surface area contributed by atoms with Crippen molar-refractivity contribution in [1.82, 2.24) is 0 Å². The van der Waals surface area contributed by atoms with Crippen LogP contribution in [0.4, 0.5) is 10.1 Å². The molecule has 2 N–H and O–H groups in total. The smallest absolute Gasteiger partial charge is 0.394 e. The minimum Gasteiger partial charge on any atom is -0.474 e. The lowest BCUT2D eigenvalue weighted by Crippen LogP contribution is -2.22. The van der Waals surface area contributed by atoms with Crippen molar-refractivity contribution in [1.29, 1.82) is 0 Å². The number of amides is 1. The summed E-state index contributed by atoms with van der Waals surface area (Å²) in [6, 6.07) is 3.82. The molecule has 0 unspecified atom stereocenters. The lowest BCUT2D eigenvalue weighted by atomic mass is 10.3. The zero-order chi connectivity index (χ0) is 10.7. The molecule has 0 aliphatic rings. The largest absolute Gasteiger partial charge is 0.474 e. The van der Waals surface area contributed by atoms with E-state index in [4.69, 9.17) is 5.11 Å². The molecule has 0 saturated carbocycles. The SMILES string of the molecule is O=C(O)C(=O)Nc1cc(Br)ccc1F. The van der Waals surface area contributed by atoms with Gasteiger partial charge in [-0.2, -0.15) is 0 Å². The van der Waals surface area contributed by atoms with E-state index < -0.39 is 17.7 Å². The van der Waals surface area contributed by atoms with Crippen molar-refractivity contribution in [3.8, 4) is 0 Å². The van der Waals surface area contributed by atoms with E-state index in [0.717, 1.165) is 6.07 Å². The summed E-state index contributed by atoms with van der Waals surface area (Å²) in [5.74, 6) is -3.63. The summed E-state index contributed by atoms with van der Waals surface area (Å²) in [6.45, 7) is 0. The van der Waals surface area contributed by atoms with E-state index in [-0.39, 0.29) is 5.69 Å². The third kappa shape index (κ3) is 2.53. The highest BCUT2D eigenvalue weighted by atomic mass is 79.9. The molecule has 0 fully saturated rings. The fraction of sp³-hybridized carbons (Fsp3) is 0. The molecule has 4 nitrogen and oxygen atoms in total. The Kier molecular flexibility index (Phi) is 3.19. The number of carbonyl (C=O) groups is 2. The van der Waals surface area contributed by atoms with Crippen LogP contribution in [0, 0.1) is 5.82 Å². The maximum atomic E-state index is 13.0. The van der Waals surface area contributed by atoms with Crippen LogP contribution in [0.25, 0.3) is 0 Å². The van der Waals surface area contributed by atoms with Gasteiger partial charge in [0, 0.05) is 4.47 Å². The number of aliphatic carboxylic acids is 1. The van der Waals surface area contributed by atoms with Crippen LogP contribution in [-0.2, 0) is 9.59 Å². The molecule has 1 amide bonds. The van der Waals surface area contributed by atoms with Gasteiger partial charge in [-0.05, 0) is 18.2 Å². The van der Waals surface area contributed by atoms with Crippen molar-refractivity contribution in [2.24, 2.45) is 0 Å². The number of carbonyl (C=O) groups excluding carboxylic acids is 1. The van der Waals surface area contributed by atoms with Gasteiger partial charge in [-0.3, -0.25) is 4.79 Å². The Hall–Kier alpha value is -1.43. The second-order valence-corrected chi connectivity index (χ2v) is 3.30. The average Bonchev–Trinajstić information content (AvgIpc) is 2.11. The summed E-state index contributed by atoms with van der Waals surface area (Å²) < 4.78 is 13.5. The third-order valence-electron chi connectivity index (χ3n) is 1.37. The Morgan fingerprint density at radius 3 is 2.64 bits per heavy atom. The van der Waals surface area contributed by atoms with Gasteiger partial charge in [0.2, 0.25) is 0 Å². The molecule has 14 heavy (non-hydrogen) atoms. The first kappa shape index (κ1) is 10.6. The molecule has 0 aromatic heterocycles. The van der Waals surface area contributed by atoms with Crippen LogP contribution in [0.1, 0.15) is 0 Å². The molecule has 0 atom stereocenters. The van der Waals surface area contributed by atoms with Crippen LogP contribution in [0.5, 0.6) is 0 Å². The highest BCUT2D eigenvalue weighted by molar-refractivity contribution is 9.10. The number of nitrogens with one attached hydrogen (secondary N) is 1.